The van der Waals surface area contributed by atoms with Gasteiger partial charge in [-0.05, 0) is 114 Å². The maximum absolute atomic E-state index is 14.4. The molecule has 7 atom stereocenters. The van der Waals surface area contributed by atoms with E-state index in [9.17, 15) is 9.59 Å². The molecule has 0 saturated carbocycles. The van der Waals surface area contributed by atoms with Gasteiger partial charge < -0.3 is 10.6 Å². The monoisotopic (exact) mass is 933 g/mol. The van der Waals surface area contributed by atoms with E-state index >= 15 is 0 Å². The van der Waals surface area contributed by atoms with Crippen molar-refractivity contribution in [1.29, 1.82) is 0 Å². The molecule has 4 aromatic carbocycles. The number of rotatable bonds is 27. The summed E-state index contributed by atoms with van der Waals surface area (Å²) in [6, 6.07) is 32.4. The summed E-state index contributed by atoms with van der Waals surface area (Å²) in [7, 11) is 0. The molecule has 0 amide bonds. The Morgan fingerprint density at radius 3 is 1.61 bits per heavy atom. The minimum Gasteiger partial charge on any atom is -0.378 e. The smallest absolute Gasteiger partial charge is 0.193 e. The Morgan fingerprint density at radius 1 is 0.536 bits per heavy atom. The first-order chi connectivity index (χ1) is 32.0. The molecule has 0 spiro atoms. The summed E-state index contributed by atoms with van der Waals surface area (Å²) in [5.41, 5.74) is 7.82. The largest absolute Gasteiger partial charge is 0.378 e. The van der Waals surface area contributed by atoms with Gasteiger partial charge in [0.25, 0.3) is 0 Å². The van der Waals surface area contributed by atoms with E-state index in [1.54, 1.807) is 0 Å². The van der Waals surface area contributed by atoms with Crippen LogP contribution in [0.4, 0.5) is 0 Å². The van der Waals surface area contributed by atoms with Gasteiger partial charge in [0, 0.05) is 40.7 Å². The summed E-state index contributed by atoms with van der Waals surface area (Å²) < 4.78 is 0. The van der Waals surface area contributed by atoms with Crippen LogP contribution in [0.25, 0.3) is 10.8 Å². The van der Waals surface area contributed by atoms with Crippen LogP contribution in [0.15, 0.2) is 146 Å². The van der Waals surface area contributed by atoms with Crippen molar-refractivity contribution in [2.24, 2.45) is 45.3 Å². The minimum atomic E-state index is -0.366. The number of benzene rings is 4. The molecule has 4 rings (SSSR count). The molecule has 4 heteroatoms. The zero-order valence-electron chi connectivity index (χ0n) is 45.9. The standard InChI is InChI=1S/C65H92N2O2/c1-43(2)44(3)35-48(7)63(14,15)41-47(6)58(38-52-29-33-56(34-30-52)61(69)55-26-21-20-22-27-55)67-51(10)65(18,19)40-46(5)45(4)36-49(8)64(16,17)42-60(68)59(66-50(9)62(11,12)13)39-53-31-32-54-25-23-24-28-57(54)37-53/h20-34,37,44-45,48-49,51,58-59,66-67H,1,5-6,9,35-36,38-42H2,2-4,7-8,10-19H3. The Balaban J connectivity index is 1.47. The number of hydrogen-bond donors (Lipinski definition) is 2. The van der Waals surface area contributed by atoms with Crippen LogP contribution in [0, 0.1) is 45.3 Å². The first-order valence-corrected chi connectivity index (χ1v) is 25.9. The SMILES string of the molecule is C=C(C)C(C)CC(C)C(C)(C)CC(=C)C(Cc1ccc(C(=O)c2ccccc2)cc1)NC(C)C(C)(C)CC(=C)C(C)CC(C)C(C)(C)CC(=O)C(Cc1ccc2ccccc2c1)NC(=C)C(C)(C)C. The van der Waals surface area contributed by atoms with E-state index in [0.29, 0.717) is 35.8 Å². The molecular formula is C65H92N2O2. The molecule has 4 nitrogen and oxygen atoms in total. The van der Waals surface area contributed by atoms with Crippen LogP contribution >= 0.6 is 0 Å². The number of Topliss-reactive ketones (excluding diaryl/α,β-unsaturated/α-hetero) is 1. The van der Waals surface area contributed by atoms with Crippen LogP contribution in [0.1, 0.15) is 163 Å². The number of hydrogen-bond acceptors (Lipinski definition) is 4. The van der Waals surface area contributed by atoms with Crippen LogP contribution < -0.4 is 10.6 Å². The predicted octanol–water partition coefficient (Wildman–Crippen LogP) is 16.6. The molecule has 0 fully saturated rings. The van der Waals surface area contributed by atoms with Crippen LogP contribution in [0.5, 0.6) is 0 Å². The highest BCUT2D eigenvalue weighted by molar-refractivity contribution is 6.08. The Hall–Kier alpha value is -4.80. The topological polar surface area (TPSA) is 58.2 Å². The Morgan fingerprint density at radius 2 is 1.03 bits per heavy atom. The van der Waals surface area contributed by atoms with E-state index in [1.165, 1.54) is 33.1 Å². The van der Waals surface area contributed by atoms with Crippen molar-refractivity contribution < 1.29 is 9.59 Å². The normalized spacial score (nSPS) is 15.6. The molecular weight excluding hydrogens is 841 g/mol. The summed E-state index contributed by atoms with van der Waals surface area (Å²) in [4.78, 5) is 27.7. The van der Waals surface area contributed by atoms with Gasteiger partial charge >= 0.3 is 0 Å². The summed E-state index contributed by atoms with van der Waals surface area (Å²) in [5.74, 6) is 1.77. The first kappa shape index (κ1) is 56.8. The fraction of sp³-hybridized carbons (Fsp3) is 0.508. The lowest BCUT2D eigenvalue weighted by Crippen LogP contribution is -2.47. The maximum atomic E-state index is 14.4. The highest BCUT2D eigenvalue weighted by atomic mass is 16.1. The van der Waals surface area contributed by atoms with Gasteiger partial charge in [-0.2, -0.15) is 0 Å². The Labute approximate surface area is 421 Å². The maximum Gasteiger partial charge on any atom is 0.193 e. The van der Waals surface area contributed by atoms with Gasteiger partial charge in [-0.1, -0.05) is 230 Å². The van der Waals surface area contributed by atoms with Gasteiger partial charge in [0.1, 0.15) is 0 Å². The van der Waals surface area contributed by atoms with Crippen LogP contribution in [0.2, 0.25) is 0 Å². The number of fused-ring (bicyclic) bond motifs is 1. The minimum absolute atomic E-state index is 0.0316. The van der Waals surface area contributed by atoms with Crippen molar-refractivity contribution in [2.45, 2.75) is 167 Å². The lowest BCUT2D eigenvalue weighted by molar-refractivity contribution is -0.123. The fourth-order valence-corrected chi connectivity index (χ4v) is 9.51. The molecule has 0 saturated heterocycles. The molecule has 0 aliphatic heterocycles. The Bertz CT molecular complexity index is 2390. The zero-order chi connectivity index (χ0) is 51.6. The van der Waals surface area contributed by atoms with Crippen molar-refractivity contribution in [2.75, 3.05) is 0 Å². The molecule has 4 aromatic rings. The highest BCUT2D eigenvalue weighted by Crippen LogP contribution is 2.42. The lowest BCUT2D eigenvalue weighted by Gasteiger charge is -2.40. The summed E-state index contributed by atoms with van der Waals surface area (Å²) in [6.07, 6.45) is 5.68. The molecule has 0 bridgehead atoms. The third-order valence-electron chi connectivity index (χ3n) is 16.3. The van der Waals surface area contributed by atoms with E-state index < -0.39 is 0 Å². The first-order valence-electron chi connectivity index (χ1n) is 25.9. The molecule has 2 N–H and O–H groups in total. The van der Waals surface area contributed by atoms with E-state index in [1.807, 2.05) is 42.5 Å². The van der Waals surface area contributed by atoms with Crippen molar-refractivity contribution in [3.8, 4) is 0 Å². The molecule has 374 valence electrons. The van der Waals surface area contributed by atoms with Crippen LogP contribution in [-0.4, -0.2) is 29.7 Å². The fourth-order valence-electron chi connectivity index (χ4n) is 9.51. The third kappa shape index (κ3) is 16.4. The van der Waals surface area contributed by atoms with Crippen molar-refractivity contribution in [1.82, 2.24) is 10.6 Å². The van der Waals surface area contributed by atoms with E-state index in [4.69, 9.17) is 13.2 Å². The molecule has 7 unspecified atom stereocenters. The van der Waals surface area contributed by atoms with E-state index in [-0.39, 0.29) is 63.2 Å². The molecule has 0 aliphatic rings. The molecule has 0 heterocycles. The summed E-state index contributed by atoms with van der Waals surface area (Å²) in [6.45, 7) is 52.3. The average Bonchev–Trinajstić information content (AvgIpc) is 3.27. The number of ketones is 2. The second-order valence-corrected chi connectivity index (χ2v) is 24.5. The van der Waals surface area contributed by atoms with Crippen molar-refractivity contribution in [3.63, 3.8) is 0 Å². The van der Waals surface area contributed by atoms with E-state index in [0.717, 1.165) is 43.4 Å². The van der Waals surface area contributed by atoms with Gasteiger partial charge in [-0.3, -0.25) is 9.59 Å². The van der Waals surface area contributed by atoms with Gasteiger partial charge in [-0.15, -0.1) is 0 Å². The van der Waals surface area contributed by atoms with Crippen molar-refractivity contribution in [3.05, 3.63) is 168 Å². The second kappa shape index (κ2) is 23.9. The van der Waals surface area contributed by atoms with Gasteiger partial charge in [0.05, 0.1) is 6.04 Å². The van der Waals surface area contributed by atoms with E-state index in [2.05, 4.69) is 182 Å². The highest BCUT2D eigenvalue weighted by Gasteiger charge is 2.36. The van der Waals surface area contributed by atoms with Gasteiger partial charge in [0.15, 0.2) is 11.6 Å². The molecule has 0 aromatic heterocycles. The summed E-state index contributed by atoms with van der Waals surface area (Å²) in [5, 5.41) is 10.1. The Kier molecular flexibility index (Phi) is 19.6. The number of carbonyl (C=O) groups is 2. The number of carbonyl (C=O) groups excluding carboxylic acids is 2. The molecule has 0 radical (unpaired) electrons. The number of allylic oxidation sites excluding steroid dienone is 3. The van der Waals surface area contributed by atoms with Crippen LogP contribution in [0.3, 0.4) is 0 Å². The summed E-state index contributed by atoms with van der Waals surface area (Å²) >= 11 is 0. The molecule has 0 aliphatic carbocycles. The lowest BCUT2D eigenvalue weighted by atomic mass is 9.69. The zero-order valence-corrected chi connectivity index (χ0v) is 45.9. The quantitative estimate of drug-likeness (QED) is 0.0462. The molecule has 69 heavy (non-hydrogen) atoms. The predicted molar refractivity (Wildman–Crippen MR) is 299 cm³/mol. The van der Waals surface area contributed by atoms with Crippen LogP contribution in [-0.2, 0) is 17.6 Å². The third-order valence-corrected chi connectivity index (χ3v) is 16.3. The van der Waals surface area contributed by atoms with Crippen molar-refractivity contribution >= 4 is 22.3 Å². The average molecular weight is 933 g/mol. The number of nitrogens with one attached hydrogen (secondary N) is 2. The second-order valence-electron chi connectivity index (χ2n) is 24.5. The van der Waals surface area contributed by atoms with Gasteiger partial charge in [0.2, 0.25) is 0 Å². The van der Waals surface area contributed by atoms with Gasteiger partial charge in [-0.25, -0.2) is 0 Å².